The van der Waals surface area contributed by atoms with Crippen molar-refractivity contribution in [3.63, 3.8) is 0 Å². The van der Waals surface area contributed by atoms with Gasteiger partial charge in [0.15, 0.2) is 34.5 Å². The Morgan fingerprint density at radius 3 is 1.67 bits per heavy atom. The minimum absolute atomic E-state index is 0.000000000000000444. The second-order valence-corrected chi connectivity index (χ2v) is 12.8. The smallest absolute Gasteiger partial charge is 0.232 e. The summed E-state index contributed by atoms with van der Waals surface area (Å²) in [5, 5.41) is 3.42. The quantitative estimate of drug-likeness (QED) is 0.126. The second kappa shape index (κ2) is 19.0. The van der Waals surface area contributed by atoms with Crippen molar-refractivity contribution >= 4 is 58.3 Å². The molecular weight excluding hydrogens is 782 g/mol. The molecular formula is C36H38Cl4N8O6. The van der Waals surface area contributed by atoms with Gasteiger partial charge in [0.25, 0.3) is 0 Å². The molecule has 2 aromatic heterocycles. The summed E-state index contributed by atoms with van der Waals surface area (Å²) >= 11 is 22.4. The summed E-state index contributed by atoms with van der Waals surface area (Å²) in [6.45, 7) is 1.23. The third kappa shape index (κ3) is 10.1. The number of hydrogen-bond acceptors (Lipinski definition) is 14. The Morgan fingerprint density at radius 1 is 0.593 bits per heavy atom. The van der Waals surface area contributed by atoms with Gasteiger partial charge in [0.2, 0.25) is 33.0 Å². The Balaban J connectivity index is 0.000000546. The molecule has 0 fully saturated rings. The van der Waals surface area contributed by atoms with Crippen molar-refractivity contribution < 1.29 is 28.4 Å². The summed E-state index contributed by atoms with van der Waals surface area (Å²) in [6.07, 6.45) is 2.09. The summed E-state index contributed by atoms with van der Waals surface area (Å²) < 4.78 is 33.1. The Bertz CT molecular complexity index is 2010. The first-order valence-electron chi connectivity index (χ1n) is 16.4. The molecule has 6 rings (SSSR count). The van der Waals surface area contributed by atoms with Crippen molar-refractivity contribution in [2.75, 3.05) is 66.0 Å². The molecule has 0 spiro atoms. The minimum atomic E-state index is -0.148. The average molecular weight is 821 g/mol. The fraction of sp³-hybridized carbons (Fsp3) is 0.333. The third-order valence-electron chi connectivity index (χ3n) is 8.43. The maximum absolute atomic E-state index is 6.48. The number of nitrogens with one attached hydrogen (secondary N) is 1. The first-order chi connectivity index (χ1) is 26.1. The van der Waals surface area contributed by atoms with Crippen molar-refractivity contribution in [3.8, 4) is 34.5 Å². The van der Waals surface area contributed by atoms with Crippen molar-refractivity contribution in [1.82, 2.24) is 29.9 Å². The monoisotopic (exact) mass is 818 g/mol. The normalized spacial score (nSPS) is 13.2. The highest BCUT2D eigenvalue weighted by molar-refractivity contribution is 6.33. The predicted octanol–water partition coefficient (Wildman–Crippen LogP) is 7.41. The molecule has 0 radical (unpaired) electrons. The van der Waals surface area contributed by atoms with Gasteiger partial charge >= 0.3 is 0 Å². The zero-order valence-electron chi connectivity index (χ0n) is 30.3. The van der Waals surface area contributed by atoms with Crippen molar-refractivity contribution in [3.05, 3.63) is 91.9 Å². The van der Waals surface area contributed by atoms with E-state index in [9.17, 15) is 0 Å². The molecule has 1 aliphatic heterocycles. The Morgan fingerprint density at radius 2 is 1.09 bits per heavy atom. The van der Waals surface area contributed by atoms with Gasteiger partial charge in [0.05, 0.1) is 48.7 Å². The average Bonchev–Trinajstić information content (AvgIpc) is 3.16. The number of benzene rings is 3. The van der Waals surface area contributed by atoms with Crippen LogP contribution < -0.4 is 38.6 Å². The van der Waals surface area contributed by atoms with Gasteiger partial charge in [0.1, 0.15) is 0 Å². The molecule has 1 N–H and O–H groups in total. The fourth-order valence-electron chi connectivity index (χ4n) is 5.92. The maximum Gasteiger partial charge on any atom is 0.232 e. The van der Waals surface area contributed by atoms with Gasteiger partial charge in [-0.25, -0.2) is 0 Å². The lowest BCUT2D eigenvalue weighted by Crippen LogP contribution is -2.38. The number of halogens is 4. The van der Waals surface area contributed by atoms with Crippen LogP contribution in [0.4, 0.5) is 11.9 Å². The van der Waals surface area contributed by atoms with E-state index in [0.717, 1.165) is 23.1 Å². The number of fused-ring (bicyclic) bond motifs is 1. The number of aromatic nitrogens is 6. The van der Waals surface area contributed by atoms with Gasteiger partial charge in [-0.1, -0.05) is 12.1 Å². The molecule has 1 atom stereocenters. The molecule has 5 aromatic rings. The van der Waals surface area contributed by atoms with E-state index in [0.29, 0.717) is 72.3 Å². The van der Waals surface area contributed by atoms with Crippen LogP contribution in [0, 0.1) is 0 Å². The van der Waals surface area contributed by atoms with Crippen LogP contribution in [0.25, 0.3) is 0 Å². The second-order valence-electron chi connectivity index (χ2n) is 11.5. The van der Waals surface area contributed by atoms with Crippen LogP contribution in [0.2, 0.25) is 21.1 Å². The van der Waals surface area contributed by atoms with E-state index in [4.69, 9.17) is 79.8 Å². The van der Waals surface area contributed by atoms with Crippen LogP contribution in [-0.4, -0.2) is 85.7 Å². The van der Waals surface area contributed by atoms with Gasteiger partial charge in [-0.3, -0.25) is 0 Å². The van der Waals surface area contributed by atoms with Gasteiger partial charge < -0.3 is 38.6 Å². The zero-order chi connectivity index (χ0) is 38.8. The lowest BCUT2D eigenvalue weighted by Gasteiger charge is -2.38. The molecule has 1 aliphatic rings. The Hall–Kier alpha value is -4.76. The number of methoxy groups -OCH3 is 6. The molecule has 0 saturated heterocycles. The zero-order valence-corrected chi connectivity index (χ0v) is 33.3. The molecule has 3 aromatic carbocycles. The summed E-state index contributed by atoms with van der Waals surface area (Å²) in [5.41, 5.74) is 4.39. The third-order valence-corrected chi connectivity index (χ3v) is 9.11. The van der Waals surface area contributed by atoms with E-state index >= 15 is 0 Å². The summed E-state index contributed by atoms with van der Waals surface area (Å²) in [5.74, 6) is 4.92. The van der Waals surface area contributed by atoms with Crippen LogP contribution in [0.5, 0.6) is 34.5 Å². The van der Waals surface area contributed by atoms with Crippen LogP contribution in [0.1, 0.15) is 28.3 Å². The highest BCUT2D eigenvalue weighted by Gasteiger charge is 2.32. The molecule has 286 valence electrons. The highest BCUT2D eigenvalue weighted by atomic mass is 35.5. The van der Waals surface area contributed by atoms with Gasteiger partial charge in [0, 0.05) is 13.1 Å². The summed E-state index contributed by atoms with van der Waals surface area (Å²) in [4.78, 5) is 26.3. The highest BCUT2D eigenvalue weighted by Crippen LogP contribution is 2.41. The van der Waals surface area contributed by atoms with Crippen LogP contribution in [0.15, 0.2) is 48.5 Å². The van der Waals surface area contributed by atoms with Crippen LogP contribution >= 0.6 is 46.4 Å². The number of nitrogens with zero attached hydrogens (tertiary/aromatic N) is 7. The van der Waals surface area contributed by atoms with E-state index in [1.165, 1.54) is 5.56 Å². The Labute approximate surface area is 333 Å². The first-order valence-corrected chi connectivity index (χ1v) is 17.9. The van der Waals surface area contributed by atoms with Crippen molar-refractivity contribution in [2.24, 2.45) is 0 Å². The minimum Gasteiger partial charge on any atom is -0.493 e. The molecule has 14 nitrogen and oxygen atoms in total. The molecule has 0 bridgehead atoms. The van der Waals surface area contributed by atoms with E-state index in [-0.39, 0.29) is 27.2 Å². The SMILES string of the molecule is COc1ccc(CCNc2nc(Cl)nc(N3CCc4cc(OC)c(OC)cc4C3Cc3ccc(OC)c(OC)c3)n2)cc1OC.Clc1nc(Cl)nc(Cl)n1. The van der Waals surface area contributed by atoms with Crippen LogP contribution in [-0.2, 0) is 19.3 Å². The molecule has 3 heterocycles. The molecule has 0 saturated carbocycles. The fourth-order valence-corrected chi connectivity index (χ4v) is 6.69. The first kappa shape index (κ1) is 40.4. The van der Waals surface area contributed by atoms with Gasteiger partial charge in [-0.2, -0.15) is 29.9 Å². The van der Waals surface area contributed by atoms with E-state index < -0.39 is 0 Å². The largest absolute Gasteiger partial charge is 0.493 e. The predicted molar refractivity (Wildman–Crippen MR) is 208 cm³/mol. The maximum atomic E-state index is 6.48. The summed E-state index contributed by atoms with van der Waals surface area (Å²) in [7, 11) is 9.78. The molecule has 54 heavy (non-hydrogen) atoms. The summed E-state index contributed by atoms with van der Waals surface area (Å²) in [6, 6.07) is 15.7. The van der Waals surface area contributed by atoms with Crippen molar-refractivity contribution in [2.45, 2.75) is 25.3 Å². The molecule has 0 aliphatic carbocycles. The van der Waals surface area contributed by atoms with E-state index in [1.807, 2.05) is 42.5 Å². The van der Waals surface area contributed by atoms with Crippen LogP contribution in [0.3, 0.4) is 0 Å². The molecule has 18 heteroatoms. The van der Waals surface area contributed by atoms with E-state index in [1.54, 1.807) is 42.7 Å². The standard InChI is InChI=1S/C33H38ClN5O6.C3Cl3N3/c1-40-25-9-7-20(16-27(25)42-3)11-13-35-32-36-31(34)37-33(38-32)39-14-12-22-18-29(44-5)30(45-6)19-23(22)24(39)15-21-8-10-26(41-2)28(17-21)43-4;4-1-7-2(5)9-3(6)8-1/h7-10,16-19,24H,11-15H2,1-6H3,(H,35,36,37,38);. The molecule has 1 unspecified atom stereocenters. The van der Waals surface area contributed by atoms with E-state index in [2.05, 4.69) is 41.2 Å². The van der Waals surface area contributed by atoms with Crippen molar-refractivity contribution in [1.29, 1.82) is 0 Å². The number of ether oxygens (including phenoxy) is 6. The lowest BCUT2D eigenvalue weighted by atomic mass is 9.88. The Kier molecular flexibility index (Phi) is 14.2. The van der Waals surface area contributed by atoms with Gasteiger partial charge in [-0.15, -0.1) is 0 Å². The topological polar surface area (TPSA) is 148 Å². The number of rotatable bonds is 13. The lowest BCUT2D eigenvalue weighted by molar-refractivity contribution is 0.352. The number of hydrogen-bond donors (Lipinski definition) is 1. The number of anilines is 2. The molecule has 0 amide bonds. The van der Waals surface area contributed by atoms with Gasteiger partial charge in [-0.05, 0) is 124 Å².